The van der Waals surface area contributed by atoms with Gasteiger partial charge in [-0.2, -0.15) is 0 Å². The minimum Gasteiger partial charge on any atom is -0.497 e. The first-order valence-corrected chi connectivity index (χ1v) is 11.2. The average molecular weight is 440 g/mol. The van der Waals surface area contributed by atoms with Gasteiger partial charge in [0.1, 0.15) is 17.8 Å². The van der Waals surface area contributed by atoms with Crippen LogP contribution in [0.25, 0.3) is 0 Å². The molecule has 1 unspecified atom stereocenters. The highest BCUT2D eigenvalue weighted by Gasteiger charge is 2.48. The number of hydrogen-bond acceptors (Lipinski definition) is 5. The van der Waals surface area contributed by atoms with Gasteiger partial charge in [0, 0.05) is 17.2 Å². The highest BCUT2D eigenvalue weighted by molar-refractivity contribution is 7.99. The number of amides is 4. The Kier molecular flexibility index (Phi) is 5.91. The first-order valence-electron chi connectivity index (χ1n) is 10.2. The van der Waals surface area contributed by atoms with Crippen LogP contribution in [0.2, 0.25) is 0 Å². The van der Waals surface area contributed by atoms with Gasteiger partial charge in [0.15, 0.2) is 0 Å². The summed E-state index contributed by atoms with van der Waals surface area (Å²) in [5, 5.41) is 2.79. The standard InChI is InChI=1S/C23H25N3O4S/c1-23(12-11-16-7-9-17(30-2)10-8-16)21(28)26(22(29)24-23)15-20(27)25-13-14-31-19-6-4-3-5-18(19)25/h3-10H,11-15H2,1-2H3,(H,24,29). The number of aryl methyl sites for hydroxylation is 1. The van der Waals surface area contributed by atoms with Crippen LogP contribution in [0, 0.1) is 0 Å². The van der Waals surface area contributed by atoms with E-state index in [9.17, 15) is 14.4 Å². The Morgan fingerprint density at radius 3 is 2.65 bits per heavy atom. The van der Waals surface area contributed by atoms with Crippen molar-refractivity contribution in [1.82, 2.24) is 10.2 Å². The number of hydrogen-bond donors (Lipinski definition) is 1. The van der Waals surface area contributed by atoms with E-state index in [4.69, 9.17) is 4.74 Å². The molecule has 2 aliphatic rings. The molecule has 2 aromatic carbocycles. The predicted molar refractivity (Wildman–Crippen MR) is 119 cm³/mol. The molecule has 1 N–H and O–H groups in total. The Labute approximate surface area is 185 Å². The maximum absolute atomic E-state index is 13.1. The first kappa shape index (κ1) is 21.2. The number of thioether (sulfide) groups is 1. The lowest BCUT2D eigenvalue weighted by Gasteiger charge is -2.30. The van der Waals surface area contributed by atoms with Crippen molar-refractivity contribution < 1.29 is 19.1 Å². The maximum atomic E-state index is 13.1. The number of methoxy groups -OCH3 is 1. The fourth-order valence-corrected chi connectivity index (χ4v) is 4.89. The van der Waals surface area contributed by atoms with Gasteiger partial charge >= 0.3 is 6.03 Å². The minimum absolute atomic E-state index is 0.254. The van der Waals surface area contributed by atoms with Crippen LogP contribution in [0.1, 0.15) is 18.9 Å². The number of fused-ring (bicyclic) bond motifs is 1. The van der Waals surface area contributed by atoms with Crippen molar-refractivity contribution in [1.29, 1.82) is 0 Å². The fraction of sp³-hybridized carbons (Fsp3) is 0.348. The molecule has 0 aromatic heterocycles. The molecule has 0 radical (unpaired) electrons. The van der Waals surface area contributed by atoms with Crippen LogP contribution in [0.15, 0.2) is 53.4 Å². The summed E-state index contributed by atoms with van der Waals surface area (Å²) in [4.78, 5) is 42.4. The molecule has 1 fully saturated rings. The third-order valence-corrected chi connectivity index (χ3v) is 6.78. The van der Waals surface area contributed by atoms with E-state index in [-0.39, 0.29) is 18.4 Å². The Bertz CT molecular complexity index is 1010. The fourth-order valence-electron chi connectivity index (χ4n) is 3.90. The molecule has 0 saturated carbocycles. The summed E-state index contributed by atoms with van der Waals surface area (Å²) in [6, 6.07) is 14.8. The Balaban J connectivity index is 1.42. The van der Waals surface area contributed by atoms with Gasteiger partial charge in [-0.25, -0.2) is 4.79 Å². The number of nitrogens with zero attached hydrogens (tertiary/aromatic N) is 2. The number of carbonyl (C=O) groups excluding carboxylic acids is 3. The molecule has 162 valence electrons. The zero-order valence-corrected chi connectivity index (χ0v) is 18.4. The zero-order chi connectivity index (χ0) is 22.0. The molecule has 0 aliphatic carbocycles. The third-order valence-electron chi connectivity index (χ3n) is 5.74. The lowest BCUT2D eigenvalue weighted by Crippen LogP contribution is -2.47. The van der Waals surface area contributed by atoms with Crippen molar-refractivity contribution in [3.8, 4) is 5.75 Å². The van der Waals surface area contributed by atoms with Crippen molar-refractivity contribution in [3.05, 3.63) is 54.1 Å². The normalized spacial score (nSPS) is 20.5. The summed E-state index contributed by atoms with van der Waals surface area (Å²) in [6.07, 6.45) is 1.06. The molecular weight excluding hydrogens is 414 g/mol. The van der Waals surface area contributed by atoms with E-state index in [1.807, 2.05) is 48.5 Å². The molecule has 2 aromatic rings. The summed E-state index contributed by atoms with van der Waals surface area (Å²) in [5.74, 6) is 0.930. The molecule has 0 spiro atoms. The molecule has 2 heterocycles. The van der Waals surface area contributed by atoms with Gasteiger partial charge in [-0.05, 0) is 49.6 Å². The van der Waals surface area contributed by atoms with Crippen molar-refractivity contribution >= 4 is 35.3 Å². The largest absolute Gasteiger partial charge is 0.497 e. The van der Waals surface area contributed by atoms with E-state index in [1.165, 1.54) is 0 Å². The van der Waals surface area contributed by atoms with Gasteiger partial charge in [0.2, 0.25) is 5.91 Å². The number of ether oxygens (including phenoxy) is 1. The van der Waals surface area contributed by atoms with Crippen LogP contribution < -0.4 is 15.0 Å². The van der Waals surface area contributed by atoms with E-state index in [0.717, 1.165) is 32.5 Å². The van der Waals surface area contributed by atoms with Crippen molar-refractivity contribution in [3.63, 3.8) is 0 Å². The minimum atomic E-state index is -1.03. The van der Waals surface area contributed by atoms with Gasteiger partial charge < -0.3 is 15.0 Å². The highest BCUT2D eigenvalue weighted by Crippen LogP contribution is 2.34. The van der Waals surface area contributed by atoms with E-state index < -0.39 is 11.6 Å². The number of carbonyl (C=O) groups is 3. The smallest absolute Gasteiger partial charge is 0.325 e. The highest BCUT2D eigenvalue weighted by atomic mass is 32.2. The van der Waals surface area contributed by atoms with Crippen LogP contribution in [-0.2, 0) is 16.0 Å². The summed E-state index contributed by atoms with van der Waals surface area (Å²) >= 11 is 1.70. The lowest BCUT2D eigenvalue weighted by molar-refractivity contribution is -0.134. The lowest BCUT2D eigenvalue weighted by atomic mass is 9.93. The maximum Gasteiger partial charge on any atom is 0.325 e. The molecule has 8 heteroatoms. The number of nitrogens with one attached hydrogen (secondary N) is 1. The Morgan fingerprint density at radius 1 is 1.16 bits per heavy atom. The molecule has 1 atom stereocenters. The molecule has 2 aliphatic heterocycles. The Hall–Kier alpha value is -3.00. The van der Waals surface area contributed by atoms with E-state index in [2.05, 4.69) is 5.32 Å². The first-order chi connectivity index (χ1) is 14.9. The second-order valence-electron chi connectivity index (χ2n) is 7.86. The van der Waals surface area contributed by atoms with Crippen LogP contribution in [0.4, 0.5) is 10.5 Å². The van der Waals surface area contributed by atoms with Gasteiger partial charge in [0.05, 0.1) is 12.8 Å². The average Bonchev–Trinajstić information content (AvgIpc) is 3.00. The van der Waals surface area contributed by atoms with E-state index in [0.29, 0.717) is 19.4 Å². The topological polar surface area (TPSA) is 79.0 Å². The van der Waals surface area contributed by atoms with Crippen molar-refractivity contribution in [2.45, 2.75) is 30.2 Å². The molecule has 4 amide bonds. The second-order valence-corrected chi connectivity index (χ2v) is 9.00. The van der Waals surface area contributed by atoms with Crippen LogP contribution in [0.5, 0.6) is 5.75 Å². The monoisotopic (exact) mass is 439 g/mol. The van der Waals surface area contributed by atoms with Gasteiger partial charge in [-0.1, -0.05) is 24.3 Å². The van der Waals surface area contributed by atoms with Crippen LogP contribution in [-0.4, -0.2) is 54.2 Å². The number of anilines is 1. The Morgan fingerprint density at radius 2 is 1.90 bits per heavy atom. The molecule has 1 saturated heterocycles. The van der Waals surface area contributed by atoms with E-state index >= 15 is 0 Å². The molecule has 0 bridgehead atoms. The number of rotatable bonds is 6. The molecule has 31 heavy (non-hydrogen) atoms. The summed E-state index contributed by atoms with van der Waals surface area (Å²) in [6.45, 7) is 2.01. The summed E-state index contributed by atoms with van der Waals surface area (Å²) < 4.78 is 5.17. The number of imide groups is 1. The van der Waals surface area contributed by atoms with Gasteiger partial charge in [-0.15, -0.1) is 11.8 Å². The van der Waals surface area contributed by atoms with E-state index in [1.54, 1.807) is 30.7 Å². The zero-order valence-electron chi connectivity index (χ0n) is 17.6. The number of benzene rings is 2. The third kappa shape index (κ3) is 4.25. The summed E-state index contributed by atoms with van der Waals surface area (Å²) in [5.41, 5.74) is 0.839. The van der Waals surface area contributed by atoms with Gasteiger partial charge in [-0.3, -0.25) is 14.5 Å². The van der Waals surface area contributed by atoms with Crippen molar-refractivity contribution in [2.75, 3.05) is 30.9 Å². The summed E-state index contributed by atoms with van der Waals surface area (Å²) in [7, 11) is 1.61. The second kappa shape index (κ2) is 8.63. The molecular formula is C23H25N3O4S. The molecule has 4 rings (SSSR count). The van der Waals surface area contributed by atoms with Crippen molar-refractivity contribution in [2.24, 2.45) is 0 Å². The molecule has 7 nitrogen and oxygen atoms in total. The van der Waals surface area contributed by atoms with Crippen LogP contribution in [0.3, 0.4) is 0 Å². The quantitative estimate of drug-likeness (QED) is 0.700. The van der Waals surface area contributed by atoms with Gasteiger partial charge in [0.25, 0.3) is 5.91 Å². The van der Waals surface area contributed by atoms with Crippen LogP contribution >= 0.6 is 11.8 Å². The number of para-hydroxylation sites is 1. The number of urea groups is 1. The predicted octanol–water partition coefficient (Wildman–Crippen LogP) is 3.08. The SMILES string of the molecule is COc1ccc(CCC2(C)NC(=O)N(CC(=O)N3CCSc4ccccc43)C2=O)cc1.